The SMILES string of the molecule is CC(C)(C)OC(=O)NCC(C)(C)N(CC(=O)O)C(=O)OC(C)(C)C. The topological polar surface area (TPSA) is 105 Å². The molecule has 0 spiro atoms. The standard InChI is InChI=1S/C16H30N2O6/c1-14(2,3)23-12(21)17-10-16(7,8)18(9-11(19)20)13(22)24-15(4,5)6/h9-10H2,1-8H3,(H,17,21)(H,19,20). The molecule has 0 aromatic rings. The molecule has 0 rings (SSSR count). The lowest BCUT2D eigenvalue weighted by Gasteiger charge is -2.38. The van der Waals surface area contributed by atoms with Gasteiger partial charge in [0.05, 0.1) is 5.54 Å². The largest absolute Gasteiger partial charge is 0.480 e. The molecular formula is C16H30N2O6. The number of carboxylic acid groups (broad SMARTS) is 1. The van der Waals surface area contributed by atoms with Gasteiger partial charge in [0.15, 0.2) is 0 Å². The highest BCUT2D eigenvalue weighted by atomic mass is 16.6. The van der Waals surface area contributed by atoms with Crippen molar-refractivity contribution in [1.29, 1.82) is 0 Å². The van der Waals surface area contributed by atoms with Crippen molar-refractivity contribution in [2.75, 3.05) is 13.1 Å². The van der Waals surface area contributed by atoms with Crippen LogP contribution in [0.5, 0.6) is 0 Å². The van der Waals surface area contributed by atoms with Gasteiger partial charge < -0.3 is 19.9 Å². The summed E-state index contributed by atoms with van der Waals surface area (Å²) in [6, 6.07) is 0. The number of nitrogens with zero attached hydrogens (tertiary/aromatic N) is 1. The normalized spacial score (nSPS) is 12.3. The van der Waals surface area contributed by atoms with Gasteiger partial charge >= 0.3 is 18.2 Å². The summed E-state index contributed by atoms with van der Waals surface area (Å²) in [4.78, 5) is 36.2. The lowest BCUT2D eigenvalue weighted by molar-refractivity contribution is -0.139. The Morgan fingerprint density at radius 3 is 1.75 bits per heavy atom. The minimum absolute atomic E-state index is 0.00837. The van der Waals surface area contributed by atoms with Crippen molar-refractivity contribution in [2.45, 2.75) is 72.1 Å². The molecule has 2 N–H and O–H groups in total. The molecule has 0 saturated heterocycles. The quantitative estimate of drug-likeness (QED) is 0.793. The molecule has 24 heavy (non-hydrogen) atoms. The summed E-state index contributed by atoms with van der Waals surface area (Å²) >= 11 is 0. The predicted octanol–water partition coefficient (Wildman–Crippen LogP) is 2.61. The van der Waals surface area contributed by atoms with Crippen LogP contribution in [-0.4, -0.2) is 58.0 Å². The van der Waals surface area contributed by atoms with Crippen LogP contribution in [0.2, 0.25) is 0 Å². The van der Waals surface area contributed by atoms with E-state index in [0.29, 0.717) is 0 Å². The molecule has 0 atom stereocenters. The van der Waals surface area contributed by atoms with Gasteiger partial charge in [-0.15, -0.1) is 0 Å². The minimum Gasteiger partial charge on any atom is -0.480 e. The van der Waals surface area contributed by atoms with Crippen LogP contribution < -0.4 is 5.32 Å². The molecule has 0 radical (unpaired) electrons. The van der Waals surface area contributed by atoms with Crippen LogP contribution in [-0.2, 0) is 14.3 Å². The van der Waals surface area contributed by atoms with E-state index in [1.807, 2.05) is 0 Å². The second kappa shape index (κ2) is 7.72. The summed E-state index contributed by atoms with van der Waals surface area (Å²) in [5, 5.41) is 11.6. The van der Waals surface area contributed by atoms with Gasteiger partial charge in [0.1, 0.15) is 17.7 Å². The van der Waals surface area contributed by atoms with Gasteiger partial charge in [0.25, 0.3) is 0 Å². The van der Waals surface area contributed by atoms with E-state index in [1.165, 1.54) is 0 Å². The number of ether oxygens (including phenoxy) is 2. The third-order valence-corrected chi connectivity index (χ3v) is 2.70. The number of carboxylic acids is 1. The number of carbonyl (C=O) groups excluding carboxylic acids is 2. The molecule has 0 aliphatic rings. The molecule has 0 unspecified atom stereocenters. The van der Waals surface area contributed by atoms with E-state index in [4.69, 9.17) is 14.6 Å². The Morgan fingerprint density at radius 1 is 0.917 bits per heavy atom. The zero-order chi connectivity index (χ0) is 19.3. The minimum atomic E-state index is -1.17. The molecule has 8 heteroatoms. The first-order valence-corrected chi connectivity index (χ1v) is 7.73. The Labute approximate surface area is 143 Å². The maximum Gasteiger partial charge on any atom is 0.411 e. The number of aliphatic carboxylic acids is 1. The number of hydrogen-bond acceptors (Lipinski definition) is 5. The molecule has 0 fully saturated rings. The molecular weight excluding hydrogens is 316 g/mol. The Bertz CT molecular complexity index is 474. The molecule has 8 nitrogen and oxygen atoms in total. The maximum atomic E-state index is 12.3. The van der Waals surface area contributed by atoms with E-state index in [-0.39, 0.29) is 6.54 Å². The van der Waals surface area contributed by atoms with Crippen LogP contribution in [0.3, 0.4) is 0 Å². The molecule has 2 amide bonds. The first kappa shape index (κ1) is 22.0. The number of carbonyl (C=O) groups is 3. The van der Waals surface area contributed by atoms with E-state index < -0.39 is 41.4 Å². The Hall–Kier alpha value is -1.99. The third kappa shape index (κ3) is 9.22. The molecule has 140 valence electrons. The van der Waals surface area contributed by atoms with E-state index in [2.05, 4.69) is 5.32 Å². The van der Waals surface area contributed by atoms with Crippen molar-refractivity contribution >= 4 is 18.2 Å². The number of alkyl carbamates (subject to hydrolysis) is 1. The van der Waals surface area contributed by atoms with Gasteiger partial charge in [-0.1, -0.05) is 0 Å². The highest BCUT2D eigenvalue weighted by Gasteiger charge is 2.36. The lowest BCUT2D eigenvalue weighted by atomic mass is 10.0. The molecule has 0 aliphatic heterocycles. The van der Waals surface area contributed by atoms with E-state index in [9.17, 15) is 14.4 Å². The Morgan fingerprint density at radius 2 is 1.38 bits per heavy atom. The lowest BCUT2D eigenvalue weighted by Crippen LogP contribution is -2.57. The van der Waals surface area contributed by atoms with Crippen LogP contribution in [0.15, 0.2) is 0 Å². The second-order valence-corrected chi connectivity index (χ2v) is 8.13. The van der Waals surface area contributed by atoms with Crippen molar-refractivity contribution in [3.8, 4) is 0 Å². The zero-order valence-corrected chi connectivity index (χ0v) is 15.8. The van der Waals surface area contributed by atoms with Crippen molar-refractivity contribution in [2.24, 2.45) is 0 Å². The highest BCUT2D eigenvalue weighted by molar-refractivity contribution is 5.77. The smallest absolute Gasteiger partial charge is 0.411 e. The fourth-order valence-electron chi connectivity index (χ4n) is 1.68. The fourth-order valence-corrected chi connectivity index (χ4v) is 1.68. The van der Waals surface area contributed by atoms with Gasteiger partial charge in [-0.3, -0.25) is 9.69 Å². The number of hydrogen-bond donors (Lipinski definition) is 2. The molecule has 0 aliphatic carbocycles. The molecule has 0 bridgehead atoms. The van der Waals surface area contributed by atoms with Crippen molar-refractivity contribution in [3.63, 3.8) is 0 Å². The first-order chi connectivity index (χ1) is 10.5. The summed E-state index contributed by atoms with van der Waals surface area (Å²) in [6.45, 7) is 13.0. The number of rotatable bonds is 5. The van der Waals surface area contributed by atoms with Crippen LogP contribution in [0.1, 0.15) is 55.4 Å². The second-order valence-electron chi connectivity index (χ2n) is 8.13. The molecule has 0 heterocycles. The van der Waals surface area contributed by atoms with Crippen molar-refractivity contribution in [1.82, 2.24) is 10.2 Å². The maximum absolute atomic E-state index is 12.3. The van der Waals surface area contributed by atoms with Gasteiger partial charge in [0.2, 0.25) is 0 Å². The van der Waals surface area contributed by atoms with Crippen molar-refractivity contribution in [3.05, 3.63) is 0 Å². The van der Waals surface area contributed by atoms with Gasteiger partial charge in [0, 0.05) is 6.54 Å². The molecule has 0 aromatic heterocycles. The summed E-state index contributed by atoms with van der Waals surface area (Å²) in [5.74, 6) is -1.17. The Kier molecular flexibility index (Phi) is 7.08. The van der Waals surface area contributed by atoms with Crippen molar-refractivity contribution < 1.29 is 29.0 Å². The predicted molar refractivity (Wildman–Crippen MR) is 88.9 cm³/mol. The van der Waals surface area contributed by atoms with Gasteiger partial charge in [-0.25, -0.2) is 9.59 Å². The average Bonchev–Trinajstić information content (AvgIpc) is 2.29. The van der Waals surface area contributed by atoms with Crippen LogP contribution in [0.25, 0.3) is 0 Å². The van der Waals surface area contributed by atoms with Crippen LogP contribution >= 0.6 is 0 Å². The molecule has 0 aromatic carbocycles. The first-order valence-electron chi connectivity index (χ1n) is 7.73. The summed E-state index contributed by atoms with van der Waals surface area (Å²) < 4.78 is 10.4. The third-order valence-electron chi connectivity index (χ3n) is 2.70. The highest BCUT2D eigenvalue weighted by Crippen LogP contribution is 2.19. The molecule has 0 saturated carbocycles. The summed E-state index contributed by atoms with van der Waals surface area (Å²) in [6.07, 6.45) is -1.41. The monoisotopic (exact) mass is 346 g/mol. The zero-order valence-electron chi connectivity index (χ0n) is 15.8. The number of nitrogens with one attached hydrogen (secondary N) is 1. The average molecular weight is 346 g/mol. The fraction of sp³-hybridized carbons (Fsp3) is 0.812. The number of amides is 2. The Balaban J connectivity index is 5.06. The van der Waals surface area contributed by atoms with Crippen LogP contribution in [0, 0.1) is 0 Å². The summed E-state index contributed by atoms with van der Waals surface area (Å²) in [7, 11) is 0. The van der Waals surface area contributed by atoms with Gasteiger partial charge in [-0.05, 0) is 55.4 Å². The van der Waals surface area contributed by atoms with Crippen LogP contribution in [0.4, 0.5) is 9.59 Å². The summed E-state index contributed by atoms with van der Waals surface area (Å²) in [5.41, 5.74) is -2.40. The van der Waals surface area contributed by atoms with E-state index in [1.54, 1.807) is 55.4 Å². The van der Waals surface area contributed by atoms with E-state index >= 15 is 0 Å². The van der Waals surface area contributed by atoms with E-state index in [0.717, 1.165) is 4.90 Å². The van der Waals surface area contributed by atoms with Gasteiger partial charge in [-0.2, -0.15) is 0 Å².